The number of hydrogen-bond acceptors (Lipinski definition) is 4. The van der Waals surface area contributed by atoms with Gasteiger partial charge in [-0.15, -0.1) is 0 Å². The Morgan fingerprint density at radius 2 is 1.54 bits per heavy atom. The molecule has 0 atom stereocenters. The number of ether oxygens (including phenoxy) is 2. The molecule has 130 valence electrons. The fraction of sp³-hybridized carbons (Fsp3) is 0.333. The summed E-state index contributed by atoms with van der Waals surface area (Å²) in [6.45, 7) is 4.28. The van der Waals surface area contributed by atoms with Gasteiger partial charge in [-0.05, 0) is 62.2 Å². The van der Waals surface area contributed by atoms with E-state index < -0.39 is 10.0 Å². The van der Waals surface area contributed by atoms with Crippen LogP contribution in [0.15, 0.2) is 53.4 Å². The topological polar surface area (TPSA) is 64.6 Å². The lowest BCUT2D eigenvalue weighted by Gasteiger charge is -2.10. The molecule has 2 rings (SSSR count). The number of benzene rings is 2. The first-order valence-electron chi connectivity index (χ1n) is 7.80. The summed E-state index contributed by atoms with van der Waals surface area (Å²) >= 11 is 0. The van der Waals surface area contributed by atoms with Gasteiger partial charge in [0.2, 0.25) is 10.0 Å². The highest BCUT2D eigenvalue weighted by Crippen LogP contribution is 2.16. The number of hydrogen-bond donors (Lipinski definition) is 1. The molecule has 6 heteroatoms. The summed E-state index contributed by atoms with van der Waals surface area (Å²) in [4.78, 5) is 0.226. The summed E-state index contributed by atoms with van der Waals surface area (Å²) in [5, 5.41) is 0. The molecule has 1 N–H and O–H groups in total. The average molecular weight is 349 g/mol. The Kier molecular flexibility index (Phi) is 6.23. The van der Waals surface area contributed by atoms with Gasteiger partial charge in [0.25, 0.3) is 0 Å². The van der Waals surface area contributed by atoms with Crippen LogP contribution in [0.3, 0.4) is 0 Å². The first kappa shape index (κ1) is 18.3. The molecule has 0 radical (unpaired) electrons. The Hall–Kier alpha value is -2.05. The minimum absolute atomic E-state index is 0.132. The van der Waals surface area contributed by atoms with Gasteiger partial charge >= 0.3 is 0 Å². The lowest BCUT2D eigenvalue weighted by Crippen LogP contribution is -2.25. The monoisotopic (exact) mass is 349 g/mol. The van der Waals surface area contributed by atoms with E-state index in [1.807, 2.05) is 38.1 Å². The van der Waals surface area contributed by atoms with E-state index in [1.165, 1.54) is 12.1 Å². The van der Waals surface area contributed by atoms with Gasteiger partial charge in [-0.2, -0.15) is 0 Å². The third-order valence-electron chi connectivity index (χ3n) is 3.37. The van der Waals surface area contributed by atoms with Crippen LogP contribution < -0.4 is 14.2 Å². The standard InChI is InChI=1S/C18H23NO4S/c1-14(2)23-17-6-4-15(5-7-17)12-13-19-24(20,21)18-10-8-16(22-3)9-11-18/h4-11,14,19H,12-13H2,1-3H3. The molecular weight excluding hydrogens is 326 g/mol. The molecule has 0 spiro atoms. The van der Waals surface area contributed by atoms with Crippen molar-refractivity contribution in [2.45, 2.75) is 31.3 Å². The molecule has 0 aliphatic heterocycles. The molecule has 0 saturated carbocycles. The molecule has 0 bridgehead atoms. The van der Waals surface area contributed by atoms with Crippen LogP contribution in [0, 0.1) is 0 Å². The first-order valence-corrected chi connectivity index (χ1v) is 9.28. The van der Waals surface area contributed by atoms with Crippen molar-refractivity contribution in [3.8, 4) is 11.5 Å². The van der Waals surface area contributed by atoms with Gasteiger partial charge in [-0.1, -0.05) is 12.1 Å². The zero-order valence-corrected chi connectivity index (χ0v) is 15.0. The molecule has 5 nitrogen and oxygen atoms in total. The second kappa shape index (κ2) is 8.17. The molecule has 0 amide bonds. The normalized spacial score (nSPS) is 11.5. The first-order chi connectivity index (χ1) is 11.4. The SMILES string of the molecule is COc1ccc(S(=O)(=O)NCCc2ccc(OC(C)C)cc2)cc1. The maximum Gasteiger partial charge on any atom is 0.240 e. The molecule has 0 heterocycles. The van der Waals surface area contributed by atoms with Crippen LogP contribution in [0.25, 0.3) is 0 Å². The van der Waals surface area contributed by atoms with Crippen molar-refractivity contribution >= 4 is 10.0 Å². The lowest BCUT2D eigenvalue weighted by atomic mass is 10.1. The van der Waals surface area contributed by atoms with Gasteiger partial charge in [-0.25, -0.2) is 13.1 Å². The number of rotatable bonds is 8. The van der Waals surface area contributed by atoms with Gasteiger partial charge < -0.3 is 9.47 Å². The summed E-state index contributed by atoms with van der Waals surface area (Å²) in [5.74, 6) is 1.44. The molecule has 2 aromatic rings. The van der Waals surface area contributed by atoms with E-state index in [1.54, 1.807) is 19.2 Å². The van der Waals surface area contributed by atoms with E-state index in [0.29, 0.717) is 18.7 Å². The summed E-state index contributed by atoms with van der Waals surface area (Å²) in [6.07, 6.45) is 0.740. The highest BCUT2D eigenvalue weighted by Gasteiger charge is 2.13. The molecule has 0 fully saturated rings. The van der Waals surface area contributed by atoms with E-state index >= 15 is 0 Å². The predicted octanol–water partition coefficient (Wildman–Crippen LogP) is 3.00. The molecule has 24 heavy (non-hydrogen) atoms. The van der Waals surface area contributed by atoms with Crippen molar-refractivity contribution in [3.63, 3.8) is 0 Å². The summed E-state index contributed by atoms with van der Waals surface area (Å²) in [7, 11) is -1.97. The Balaban J connectivity index is 1.90. The number of methoxy groups -OCH3 is 1. The summed E-state index contributed by atoms with van der Waals surface area (Å²) < 4.78 is 37.7. The second-order valence-electron chi connectivity index (χ2n) is 5.63. The zero-order valence-electron chi connectivity index (χ0n) is 14.2. The van der Waals surface area contributed by atoms with Crippen LogP contribution >= 0.6 is 0 Å². The van der Waals surface area contributed by atoms with Crippen LogP contribution in [0.4, 0.5) is 0 Å². The maximum absolute atomic E-state index is 12.2. The average Bonchev–Trinajstić information content (AvgIpc) is 2.56. The van der Waals surface area contributed by atoms with Crippen molar-refractivity contribution in [2.75, 3.05) is 13.7 Å². The van der Waals surface area contributed by atoms with Gasteiger partial charge in [-0.3, -0.25) is 0 Å². The van der Waals surface area contributed by atoms with E-state index in [9.17, 15) is 8.42 Å². The summed E-state index contributed by atoms with van der Waals surface area (Å²) in [6, 6.07) is 14.0. The van der Waals surface area contributed by atoms with Gasteiger partial charge in [0, 0.05) is 6.54 Å². The Morgan fingerprint density at radius 1 is 0.958 bits per heavy atom. The third-order valence-corrected chi connectivity index (χ3v) is 4.85. The van der Waals surface area contributed by atoms with E-state index in [-0.39, 0.29) is 11.0 Å². The van der Waals surface area contributed by atoms with Crippen molar-refractivity contribution in [2.24, 2.45) is 0 Å². The van der Waals surface area contributed by atoms with Gasteiger partial charge in [0.05, 0.1) is 18.1 Å². The molecule has 0 aliphatic carbocycles. The molecule has 0 aromatic heterocycles. The van der Waals surface area contributed by atoms with Crippen molar-refractivity contribution < 1.29 is 17.9 Å². The van der Waals surface area contributed by atoms with Gasteiger partial charge in [0.1, 0.15) is 11.5 Å². The van der Waals surface area contributed by atoms with Crippen LogP contribution in [-0.4, -0.2) is 28.2 Å². The maximum atomic E-state index is 12.2. The second-order valence-corrected chi connectivity index (χ2v) is 7.40. The molecule has 0 unspecified atom stereocenters. The Labute approximate surface area is 143 Å². The molecule has 0 saturated heterocycles. The minimum atomic E-state index is -3.51. The molecule has 2 aromatic carbocycles. The smallest absolute Gasteiger partial charge is 0.240 e. The highest BCUT2D eigenvalue weighted by molar-refractivity contribution is 7.89. The fourth-order valence-corrected chi connectivity index (χ4v) is 3.21. The van der Waals surface area contributed by atoms with Crippen LogP contribution in [-0.2, 0) is 16.4 Å². The lowest BCUT2D eigenvalue weighted by molar-refractivity contribution is 0.242. The summed E-state index contributed by atoms with van der Waals surface area (Å²) in [5.41, 5.74) is 1.04. The fourth-order valence-electron chi connectivity index (χ4n) is 2.17. The quantitative estimate of drug-likeness (QED) is 0.796. The van der Waals surface area contributed by atoms with Crippen LogP contribution in [0.2, 0.25) is 0 Å². The predicted molar refractivity (Wildman–Crippen MR) is 94.1 cm³/mol. The Bertz CT molecular complexity index is 738. The van der Waals surface area contributed by atoms with E-state index in [4.69, 9.17) is 9.47 Å². The van der Waals surface area contributed by atoms with Gasteiger partial charge in [0.15, 0.2) is 0 Å². The van der Waals surface area contributed by atoms with E-state index in [2.05, 4.69) is 4.72 Å². The Morgan fingerprint density at radius 3 is 2.08 bits per heavy atom. The van der Waals surface area contributed by atoms with Crippen LogP contribution in [0.5, 0.6) is 11.5 Å². The molecule has 0 aliphatic rings. The van der Waals surface area contributed by atoms with Crippen LogP contribution in [0.1, 0.15) is 19.4 Å². The number of nitrogens with one attached hydrogen (secondary N) is 1. The number of sulfonamides is 1. The molecular formula is C18H23NO4S. The van der Waals surface area contributed by atoms with E-state index in [0.717, 1.165) is 11.3 Å². The van der Waals surface area contributed by atoms with Crippen molar-refractivity contribution in [1.29, 1.82) is 0 Å². The third kappa shape index (κ3) is 5.25. The zero-order chi connectivity index (χ0) is 17.6. The largest absolute Gasteiger partial charge is 0.497 e. The highest BCUT2D eigenvalue weighted by atomic mass is 32.2. The minimum Gasteiger partial charge on any atom is -0.497 e. The van der Waals surface area contributed by atoms with Crippen molar-refractivity contribution in [3.05, 3.63) is 54.1 Å². The van der Waals surface area contributed by atoms with Crippen molar-refractivity contribution in [1.82, 2.24) is 4.72 Å².